The van der Waals surface area contributed by atoms with E-state index in [0.717, 1.165) is 22.6 Å². The molecule has 3 aromatic rings. The number of alkyl halides is 2. The Hall–Kier alpha value is -3.42. The van der Waals surface area contributed by atoms with Gasteiger partial charge in [0.1, 0.15) is 12.1 Å². The van der Waals surface area contributed by atoms with Crippen molar-refractivity contribution in [1.29, 1.82) is 0 Å². The highest BCUT2D eigenvalue weighted by Crippen LogP contribution is 2.63. The van der Waals surface area contributed by atoms with Crippen LogP contribution >= 0.6 is 11.0 Å². The van der Waals surface area contributed by atoms with Crippen molar-refractivity contribution < 1.29 is 27.2 Å². The number of benzene rings is 1. The van der Waals surface area contributed by atoms with E-state index in [4.69, 9.17) is 9.51 Å². The summed E-state index contributed by atoms with van der Waals surface area (Å²) in [6.45, 7) is 4.08. The van der Waals surface area contributed by atoms with E-state index in [1.165, 1.54) is 14.9 Å². The predicted molar refractivity (Wildman–Crippen MR) is 141 cm³/mol. The van der Waals surface area contributed by atoms with Crippen molar-refractivity contribution in [2.75, 3.05) is 53.3 Å². The molecule has 6 rings (SSSR count). The maximum Gasteiger partial charge on any atom is 0.276 e. The number of carbonyl (C=O) groups excluding carboxylic acids is 1. The first-order valence-electron chi connectivity index (χ1n) is 12.3. The van der Waals surface area contributed by atoms with Crippen LogP contribution in [0.15, 0.2) is 47.2 Å². The molecular weight excluding hydrogens is 518 g/mol. The minimum absolute atomic E-state index is 0.121. The Kier molecular flexibility index (Phi) is 5.78. The van der Waals surface area contributed by atoms with Crippen LogP contribution in [0.3, 0.4) is 0 Å². The smallest absolute Gasteiger partial charge is 0.276 e. The van der Waals surface area contributed by atoms with E-state index in [-0.39, 0.29) is 24.6 Å². The molecule has 1 unspecified atom stereocenters. The molecule has 2 fully saturated rings. The van der Waals surface area contributed by atoms with Crippen LogP contribution in [-0.4, -0.2) is 75.7 Å². The normalized spacial score (nSPS) is 22.4. The average molecular weight is 547 g/mol. The summed E-state index contributed by atoms with van der Waals surface area (Å²) in [6.07, 6.45) is 1.14. The molecule has 13 heteroatoms. The predicted octanol–water partition coefficient (Wildman–Crippen LogP) is 4.50. The second-order valence-corrected chi connectivity index (χ2v) is 11.9. The molecule has 202 valence electrons. The largest absolute Gasteiger partial charge is 0.364 e. The van der Waals surface area contributed by atoms with Crippen LogP contribution in [0.25, 0.3) is 11.3 Å². The Morgan fingerprint density at radius 3 is 2.53 bits per heavy atom. The molecule has 2 N–H and O–H groups in total. The molecule has 10 nitrogen and oxygen atoms in total. The van der Waals surface area contributed by atoms with Crippen LogP contribution in [0, 0.1) is 12.8 Å². The Labute approximate surface area is 220 Å². The van der Waals surface area contributed by atoms with Gasteiger partial charge in [0.25, 0.3) is 11.8 Å². The highest BCUT2D eigenvalue weighted by atomic mass is 32.3. The lowest BCUT2D eigenvalue weighted by atomic mass is 10.0. The minimum atomic E-state index is -3.43. The maximum absolute atomic E-state index is 13.6. The molecule has 3 aliphatic rings. The van der Waals surface area contributed by atoms with Gasteiger partial charge in [-0.1, -0.05) is 17.3 Å². The van der Waals surface area contributed by atoms with E-state index in [2.05, 4.69) is 10.1 Å². The summed E-state index contributed by atoms with van der Waals surface area (Å²) in [6, 6.07) is 10.9. The Morgan fingerprint density at radius 1 is 1.13 bits per heavy atom. The lowest BCUT2D eigenvalue weighted by Gasteiger charge is -2.42. The molecular formula is C25H28F2N6O4S. The van der Waals surface area contributed by atoms with Crippen LogP contribution in [-0.2, 0) is 0 Å². The molecule has 1 aromatic carbocycles. The third-order valence-corrected chi connectivity index (χ3v) is 9.36. The molecule has 4 heterocycles. The number of nitrogens with zero attached hydrogens (tertiary/aromatic N) is 6. The number of piperazine rings is 1. The minimum Gasteiger partial charge on any atom is -0.364 e. The lowest BCUT2D eigenvalue weighted by molar-refractivity contribution is 0.0736. The number of amides is 1. The van der Waals surface area contributed by atoms with Crippen molar-refractivity contribution in [1.82, 2.24) is 15.0 Å². The highest BCUT2D eigenvalue weighted by Gasteiger charge is 2.59. The van der Waals surface area contributed by atoms with E-state index >= 15 is 0 Å². The van der Waals surface area contributed by atoms with E-state index in [9.17, 15) is 22.7 Å². The van der Waals surface area contributed by atoms with E-state index in [1.807, 2.05) is 31.2 Å². The van der Waals surface area contributed by atoms with Gasteiger partial charge in [0, 0.05) is 63.7 Å². The van der Waals surface area contributed by atoms with Crippen molar-refractivity contribution in [3.63, 3.8) is 0 Å². The van der Waals surface area contributed by atoms with Gasteiger partial charge in [-0.2, -0.15) is 0 Å². The first-order valence-corrected chi connectivity index (χ1v) is 13.8. The number of rotatable bonds is 5. The molecule has 0 spiro atoms. The van der Waals surface area contributed by atoms with Gasteiger partial charge in [-0.3, -0.25) is 22.5 Å². The van der Waals surface area contributed by atoms with Gasteiger partial charge in [-0.25, -0.2) is 13.8 Å². The van der Waals surface area contributed by atoms with Gasteiger partial charge in [0.05, 0.1) is 17.1 Å². The third kappa shape index (κ3) is 4.14. The molecule has 1 aliphatic carbocycles. The number of pyridine rings is 1. The number of halogens is 2. The zero-order valence-corrected chi connectivity index (χ0v) is 21.7. The first-order chi connectivity index (χ1) is 18.1. The van der Waals surface area contributed by atoms with Crippen molar-refractivity contribution in [2.24, 2.45) is 5.92 Å². The number of hydrogen-bond acceptors (Lipinski definition) is 9. The summed E-state index contributed by atoms with van der Waals surface area (Å²) in [4.78, 5) is 21.3. The Bertz CT molecular complexity index is 1380. The van der Waals surface area contributed by atoms with Gasteiger partial charge in [-0.05, 0) is 41.6 Å². The van der Waals surface area contributed by atoms with Crippen LogP contribution in [0.5, 0.6) is 0 Å². The van der Waals surface area contributed by atoms with Crippen molar-refractivity contribution in [2.45, 2.75) is 19.3 Å². The first kappa shape index (κ1) is 24.9. The van der Waals surface area contributed by atoms with Gasteiger partial charge in [-0.15, -0.1) is 0 Å². The summed E-state index contributed by atoms with van der Waals surface area (Å²) >= 11 is 0. The lowest BCUT2D eigenvalue weighted by Crippen LogP contribution is -2.49. The summed E-state index contributed by atoms with van der Waals surface area (Å²) < 4.78 is 56.3. The topological polar surface area (TPSA) is 109 Å². The van der Waals surface area contributed by atoms with Crippen LogP contribution in [0.1, 0.15) is 22.5 Å². The van der Waals surface area contributed by atoms with Gasteiger partial charge < -0.3 is 14.3 Å². The van der Waals surface area contributed by atoms with Gasteiger partial charge >= 0.3 is 0 Å². The molecule has 38 heavy (non-hydrogen) atoms. The second-order valence-electron chi connectivity index (χ2n) is 9.91. The van der Waals surface area contributed by atoms with Gasteiger partial charge in [0.2, 0.25) is 0 Å². The fraction of sp³-hybridized carbons (Fsp3) is 0.400. The second kappa shape index (κ2) is 8.82. The molecule has 2 aliphatic heterocycles. The zero-order valence-electron chi connectivity index (χ0n) is 20.9. The third-order valence-electron chi connectivity index (χ3n) is 7.49. The zero-order chi connectivity index (χ0) is 26.8. The quantitative estimate of drug-likeness (QED) is 0.478. The highest BCUT2D eigenvalue weighted by molar-refractivity contribution is 8.26. The average Bonchev–Trinajstić information content (AvgIpc) is 3.22. The Balaban J connectivity index is 1.22. The number of hydrogen-bond donors (Lipinski definition) is 2. The molecule has 0 bridgehead atoms. The molecule has 0 radical (unpaired) electrons. The number of aryl methyl sites for hydroxylation is 1. The van der Waals surface area contributed by atoms with E-state index in [0.29, 0.717) is 37.6 Å². The maximum atomic E-state index is 13.6. The van der Waals surface area contributed by atoms with Crippen molar-refractivity contribution in [3.05, 3.63) is 53.9 Å². The molecule has 1 saturated carbocycles. The van der Waals surface area contributed by atoms with Crippen LogP contribution in [0.4, 0.5) is 26.0 Å². The number of aromatic nitrogens is 2. The number of fused-ring (bicyclic) bond motifs is 1. The standard InChI is InChI=1S/C25H28F2N6O4S/c1-16-3-6-22(31-8-10-32(11-9-31)24(34)19-7-12-37-29-19)28-23(16)17-4-5-20-21(13-17)30(2)38(35,36)33(20)15-18-14-25(18,26)27/h3-7,12-13,18,35-36H,8-11,14-15H2,1-2H3. The molecule has 1 amide bonds. The SMILES string of the molecule is Cc1ccc(N2CCN(C(=O)c3ccon3)CC2)nc1-c1ccc2c(c1)N(C)S(O)(O)N2CC1CC1(F)F. The van der Waals surface area contributed by atoms with Gasteiger partial charge in [0.15, 0.2) is 5.69 Å². The van der Waals surface area contributed by atoms with Crippen molar-refractivity contribution >= 4 is 34.1 Å². The van der Waals surface area contributed by atoms with Crippen molar-refractivity contribution in [3.8, 4) is 11.3 Å². The van der Waals surface area contributed by atoms with E-state index < -0.39 is 22.8 Å². The summed E-state index contributed by atoms with van der Waals surface area (Å²) in [5.74, 6) is -3.04. The monoisotopic (exact) mass is 546 g/mol. The van der Waals surface area contributed by atoms with Crippen LogP contribution in [0.2, 0.25) is 0 Å². The number of anilines is 3. The Morgan fingerprint density at radius 2 is 1.87 bits per heavy atom. The fourth-order valence-electron chi connectivity index (χ4n) is 5.02. The fourth-order valence-corrected chi connectivity index (χ4v) is 6.53. The van der Waals surface area contributed by atoms with E-state index in [1.54, 1.807) is 24.1 Å². The summed E-state index contributed by atoms with van der Waals surface area (Å²) in [7, 11) is -1.88. The number of carbonyl (C=O) groups is 1. The summed E-state index contributed by atoms with van der Waals surface area (Å²) in [5, 5.41) is 3.73. The molecule has 1 saturated heterocycles. The molecule has 2 aromatic heterocycles. The summed E-state index contributed by atoms with van der Waals surface area (Å²) in [5.41, 5.74) is 3.82. The molecule has 1 atom stereocenters. The van der Waals surface area contributed by atoms with Crippen LogP contribution < -0.4 is 13.5 Å².